The van der Waals surface area contributed by atoms with Crippen molar-refractivity contribution in [2.75, 3.05) is 7.11 Å². The highest BCUT2D eigenvalue weighted by molar-refractivity contribution is 6.32. The third-order valence-electron chi connectivity index (χ3n) is 1.88. The van der Waals surface area contributed by atoms with Crippen LogP contribution in [-0.4, -0.2) is 12.1 Å². The van der Waals surface area contributed by atoms with Gasteiger partial charge in [0.25, 0.3) is 0 Å². The first-order valence-corrected chi connectivity index (χ1v) is 4.52. The Hall–Kier alpha value is -0.760. The second-order valence-corrected chi connectivity index (χ2v) is 4.33. The number of halogens is 1. The molecule has 0 aromatic carbocycles. The summed E-state index contributed by atoms with van der Waals surface area (Å²) in [5, 5.41) is 0.657. The van der Waals surface area contributed by atoms with E-state index in [4.69, 9.17) is 16.3 Å². The summed E-state index contributed by atoms with van der Waals surface area (Å²) in [7, 11) is 1.59. The van der Waals surface area contributed by atoms with Crippen LogP contribution in [0.1, 0.15) is 26.3 Å². The summed E-state index contributed by atoms with van der Waals surface area (Å²) in [4.78, 5) is 4.07. The zero-order valence-corrected chi connectivity index (χ0v) is 9.14. The molecule has 0 atom stereocenters. The fraction of sp³-hybridized carbons (Fsp3) is 0.500. The summed E-state index contributed by atoms with van der Waals surface area (Å²) < 4.78 is 5.09. The number of ether oxygens (including phenoxy) is 1. The summed E-state index contributed by atoms with van der Waals surface area (Å²) in [5.41, 5.74) is 1.01. The molecule has 0 saturated heterocycles. The van der Waals surface area contributed by atoms with E-state index in [0.29, 0.717) is 10.8 Å². The van der Waals surface area contributed by atoms with Crippen LogP contribution in [0.4, 0.5) is 0 Å². The zero-order chi connectivity index (χ0) is 10.1. The SMILES string of the molecule is COc1cncc(C(C)(C)C)c1Cl. The van der Waals surface area contributed by atoms with Crippen LogP contribution in [0.2, 0.25) is 5.02 Å². The third kappa shape index (κ3) is 2.13. The predicted octanol–water partition coefficient (Wildman–Crippen LogP) is 3.04. The predicted molar refractivity (Wildman–Crippen MR) is 54.5 cm³/mol. The van der Waals surface area contributed by atoms with E-state index in [-0.39, 0.29) is 5.41 Å². The molecule has 0 radical (unpaired) electrons. The normalized spacial score (nSPS) is 11.5. The van der Waals surface area contributed by atoms with Crippen LogP contribution in [0.15, 0.2) is 12.4 Å². The van der Waals surface area contributed by atoms with Crippen LogP contribution >= 0.6 is 11.6 Å². The van der Waals surface area contributed by atoms with Crippen molar-refractivity contribution in [1.82, 2.24) is 4.98 Å². The first-order valence-electron chi connectivity index (χ1n) is 4.15. The van der Waals surface area contributed by atoms with Crippen molar-refractivity contribution in [3.05, 3.63) is 23.0 Å². The van der Waals surface area contributed by atoms with E-state index in [1.807, 2.05) is 0 Å². The van der Waals surface area contributed by atoms with Gasteiger partial charge in [0.2, 0.25) is 0 Å². The van der Waals surface area contributed by atoms with E-state index in [2.05, 4.69) is 25.8 Å². The number of nitrogens with zero attached hydrogens (tertiary/aromatic N) is 1. The zero-order valence-electron chi connectivity index (χ0n) is 8.39. The molecule has 1 rings (SSSR count). The van der Waals surface area contributed by atoms with Gasteiger partial charge in [-0.25, -0.2) is 0 Å². The molecular formula is C10H14ClNO. The van der Waals surface area contributed by atoms with E-state index in [1.54, 1.807) is 19.5 Å². The molecule has 0 saturated carbocycles. The van der Waals surface area contributed by atoms with E-state index < -0.39 is 0 Å². The molecule has 1 aromatic heterocycles. The molecule has 13 heavy (non-hydrogen) atoms. The van der Waals surface area contributed by atoms with Crippen molar-refractivity contribution >= 4 is 11.6 Å². The van der Waals surface area contributed by atoms with Crippen LogP contribution in [0.25, 0.3) is 0 Å². The summed E-state index contributed by atoms with van der Waals surface area (Å²) in [6, 6.07) is 0. The number of pyridine rings is 1. The Labute approximate surface area is 83.9 Å². The van der Waals surface area contributed by atoms with E-state index in [1.165, 1.54) is 0 Å². The summed E-state index contributed by atoms with van der Waals surface area (Å²) in [6.07, 6.45) is 3.41. The van der Waals surface area contributed by atoms with Gasteiger partial charge in [-0.05, 0) is 11.0 Å². The molecule has 0 unspecified atom stereocenters. The van der Waals surface area contributed by atoms with E-state index in [9.17, 15) is 0 Å². The molecule has 0 aliphatic heterocycles. The Morgan fingerprint density at radius 1 is 1.31 bits per heavy atom. The molecule has 0 aliphatic rings. The summed E-state index contributed by atoms with van der Waals surface area (Å²) in [6.45, 7) is 6.28. The highest BCUT2D eigenvalue weighted by Gasteiger charge is 2.19. The summed E-state index contributed by atoms with van der Waals surface area (Å²) in [5.74, 6) is 0.633. The minimum atomic E-state index is -0.00137. The number of hydrogen-bond donors (Lipinski definition) is 0. The molecular weight excluding hydrogens is 186 g/mol. The maximum absolute atomic E-state index is 6.13. The molecule has 1 aromatic rings. The van der Waals surface area contributed by atoms with Gasteiger partial charge in [0, 0.05) is 6.20 Å². The lowest BCUT2D eigenvalue weighted by Gasteiger charge is -2.20. The molecule has 0 N–H and O–H groups in total. The second kappa shape index (κ2) is 3.54. The lowest BCUT2D eigenvalue weighted by Crippen LogP contribution is -2.12. The average molecular weight is 200 g/mol. The van der Waals surface area contributed by atoms with Crippen LogP contribution < -0.4 is 4.74 Å². The van der Waals surface area contributed by atoms with Gasteiger partial charge in [-0.3, -0.25) is 4.98 Å². The van der Waals surface area contributed by atoms with E-state index >= 15 is 0 Å². The number of aromatic nitrogens is 1. The molecule has 0 aliphatic carbocycles. The minimum absolute atomic E-state index is 0.00137. The van der Waals surface area contributed by atoms with E-state index in [0.717, 1.165) is 5.56 Å². The van der Waals surface area contributed by atoms with Gasteiger partial charge < -0.3 is 4.74 Å². The van der Waals surface area contributed by atoms with Gasteiger partial charge in [0.1, 0.15) is 0 Å². The Kier molecular flexibility index (Phi) is 2.81. The number of methoxy groups -OCH3 is 1. The fourth-order valence-corrected chi connectivity index (χ4v) is 1.55. The smallest absolute Gasteiger partial charge is 0.156 e. The Balaban J connectivity index is 3.24. The van der Waals surface area contributed by atoms with Crippen LogP contribution in [0, 0.1) is 0 Å². The van der Waals surface area contributed by atoms with Crippen molar-refractivity contribution < 1.29 is 4.74 Å². The largest absolute Gasteiger partial charge is 0.494 e. The highest BCUT2D eigenvalue weighted by atomic mass is 35.5. The van der Waals surface area contributed by atoms with Crippen molar-refractivity contribution in [1.29, 1.82) is 0 Å². The first-order chi connectivity index (χ1) is 5.96. The van der Waals surface area contributed by atoms with Gasteiger partial charge in [-0.1, -0.05) is 32.4 Å². The third-order valence-corrected chi connectivity index (χ3v) is 2.27. The minimum Gasteiger partial charge on any atom is -0.494 e. The Bertz CT molecular complexity index is 304. The van der Waals surface area contributed by atoms with Gasteiger partial charge >= 0.3 is 0 Å². The van der Waals surface area contributed by atoms with Crippen molar-refractivity contribution in [2.24, 2.45) is 0 Å². The molecule has 0 spiro atoms. The topological polar surface area (TPSA) is 22.1 Å². The van der Waals surface area contributed by atoms with Crippen molar-refractivity contribution in [3.8, 4) is 5.75 Å². The molecule has 72 valence electrons. The monoisotopic (exact) mass is 199 g/mol. The second-order valence-electron chi connectivity index (χ2n) is 3.95. The van der Waals surface area contributed by atoms with Gasteiger partial charge in [-0.2, -0.15) is 0 Å². The Morgan fingerprint density at radius 3 is 2.38 bits per heavy atom. The average Bonchev–Trinajstić information content (AvgIpc) is 2.02. The first kappa shape index (κ1) is 10.3. The molecule has 2 nitrogen and oxygen atoms in total. The maximum atomic E-state index is 6.13. The molecule has 0 fully saturated rings. The van der Waals surface area contributed by atoms with Crippen molar-refractivity contribution in [3.63, 3.8) is 0 Å². The van der Waals surface area contributed by atoms with Crippen molar-refractivity contribution in [2.45, 2.75) is 26.2 Å². The van der Waals surface area contributed by atoms with Gasteiger partial charge in [0.15, 0.2) is 5.75 Å². The molecule has 3 heteroatoms. The molecule has 1 heterocycles. The van der Waals surface area contributed by atoms with Gasteiger partial charge in [-0.15, -0.1) is 0 Å². The Morgan fingerprint density at radius 2 is 1.92 bits per heavy atom. The van der Waals surface area contributed by atoms with Crippen LogP contribution in [0.3, 0.4) is 0 Å². The number of hydrogen-bond acceptors (Lipinski definition) is 2. The highest BCUT2D eigenvalue weighted by Crippen LogP contribution is 2.34. The van der Waals surface area contributed by atoms with Gasteiger partial charge in [0.05, 0.1) is 18.3 Å². The quantitative estimate of drug-likeness (QED) is 0.694. The summed E-state index contributed by atoms with van der Waals surface area (Å²) >= 11 is 6.13. The van der Waals surface area contributed by atoms with Crippen LogP contribution in [-0.2, 0) is 5.41 Å². The molecule has 0 bridgehead atoms. The maximum Gasteiger partial charge on any atom is 0.156 e. The number of rotatable bonds is 1. The van der Waals surface area contributed by atoms with Crippen LogP contribution in [0.5, 0.6) is 5.75 Å². The lowest BCUT2D eigenvalue weighted by atomic mass is 9.88. The molecule has 0 amide bonds. The standard InChI is InChI=1S/C10H14ClNO/c1-10(2,3)7-5-12-6-8(13-4)9(7)11/h5-6H,1-4H3. The lowest BCUT2D eigenvalue weighted by molar-refractivity contribution is 0.410. The fourth-order valence-electron chi connectivity index (χ4n) is 1.09.